The van der Waals surface area contributed by atoms with Gasteiger partial charge in [0.1, 0.15) is 5.75 Å². The number of hydrogen-bond acceptors (Lipinski definition) is 3. The van der Waals surface area contributed by atoms with E-state index >= 15 is 0 Å². The van der Waals surface area contributed by atoms with Gasteiger partial charge in [0.15, 0.2) is 0 Å². The fourth-order valence-electron chi connectivity index (χ4n) is 3.36. The van der Waals surface area contributed by atoms with Gasteiger partial charge in [0.05, 0.1) is 12.8 Å². The van der Waals surface area contributed by atoms with Crippen molar-refractivity contribution in [3.8, 4) is 5.75 Å². The standard InChI is InChI=1S/C24H19NO3/c1-16-6-5-7-18(14-16)25-23(26)21-9-4-3-8-20(21)22(24(25)27)15-17-10-12-19(28-2)13-11-17/h3-15H,1-2H3/b22-15+. The van der Waals surface area contributed by atoms with Crippen LogP contribution in [0.1, 0.15) is 27.0 Å². The fraction of sp³-hybridized carbons (Fsp3) is 0.0833. The Morgan fingerprint density at radius 3 is 2.21 bits per heavy atom. The summed E-state index contributed by atoms with van der Waals surface area (Å²) in [5.41, 5.74) is 4.07. The number of imide groups is 1. The van der Waals surface area contributed by atoms with Crippen LogP contribution in [0.5, 0.6) is 5.75 Å². The summed E-state index contributed by atoms with van der Waals surface area (Å²) in [6, 6.07) is 22.1. The third-order valence-electron chi connectivity index (χ3n) is 4.77. The van der Waals surface area contributed by atoms with E-state index in [4.69, 9.17) is 4.74 Å². The van der Waals surface area contributed by atoms with Crippen LogP contribution in [0.2, 0.25) is 0 Å². The number of fused-ring (bicyclic) bond motifs is 1. The molecule has 3 aromatic carbocycles. The molecule has 0 N–H and O–H groups in total. The molecular formula is C24H19NO3. The average molecular weight is 369 g/mol. The van der Waals surface area contributed by atoms with E-state index in [2.05, 4.69) is 0 Å². The maximum absolute atomic E-state index is 13.3. The van der Waals surface area contributed by atoms with Crippen LogP contribution in [0.25, 0.3) is 11.6 Å². The van der Waals surface area contributed by atoms with Crippen molar-refractivity contribution in [2.45, 2.75) is 6.92 Å². The second kappa shape index (κ2) is 7.16. The third-order valence-corrected chi connectivity index (χ3v) is 4.77. The third kappa shape index (κ3) is 3.09. The minimum absolute atomic E-state index is 0.307. The second-order valence-electron chi connectivity index (χ2n) is 6.66. The molecule has 4 rings (SSSR count). The van der Waals surface area contributed by atoms with Gasteiger partial charge in [-0.3, -0.25) is 9.59 Å². The van der Waals surface area contributed by atoms with Gasteiger partial charge in [-0.05, 0) is 60.0 Å². The smallest absolute Gasteiger partial charge is 0.265 e. The van der Waals surface area contributed by atoms with Gasteiger partial charge < -0.3 is 4.74 Å². The number of carbonyl (C=O) groups is 2. The molecule has 4 nitrogen and oxygen atoms in total. The van der Waals surface area contributed by atoms with Crippen LogP contribution in [0, 0.1) is 6.92 Å². The van der Waals surface area contributed by atoms with Crippen molar-refractivity contribution >= 4 is 29.2 Å². The lowest BCUT2D eigenvalue weighted by Gasteiger charge is -2.29. The van der Waals surface area contributed by atoms with Crippen molar-refractivity contribution in [3.05, 3.63) is 95.1 Å². The number of benzene rings is 3. The first kappa shape index (κ1) is 17.7. The van der Waals surface area contributed by atoms with Crippen LogP contribution < -0.4 is 9.64 Å². The first-order valence-electron chi connectivity index (χ1n) is 8.99. The van der Waals surface area contributed by atoms with Gasteiger partial charge in [-0.25, -0.2) is 4.90 Å². The van der Waals surface area contributed by atoms with E-state index in [1.807, 2.05) is 73.7 Å². The van der Waals surface area contributed by atoms with Gasteiger partial charge in [-0.2, -0.15) is 0 Å². The molecule has 28 heavy (non-hydrogen) atoms. The molecule has 1 heterocycles. The number of nitrogens with zero attached hydrogens (tertiary/aromatic N) is 1. The SMILES string of the molecule is COc1ccc(/C=C2/C(=O)N(c3cccc(C)c3)C(=O)c3ccccc32)cc1. The van der Waals surface area contributed by atoms with Crippen LogP contribution in [0.3, 0.4) is 0 Å². The summed E-state index contributed by atoms with van der Waals surface area (Å²) in [6.07, 6.45) is 1.82. The first-order valence-corrected chi connectivity index (χ1v) is 8.99. The monoisotopic (exact) mass is 369 g/mol. The maximum Gasteiger partial charge on any atom is 0.265 e. The molecule has 0 spiro atoms. The molecule has 3 aromatic rings. The van der Waals surface area contributed by atoms with Gasteiger partial charge in [0, 0.05) is 11.1 Å². The van der Waals surface area contributed by atoms with Crippen molar-refractivity contribution in [1.82, 2.24) is 0 Å². The summed E-state index contributed by atoms with van der Waals surface area (Å²) in [5.74, 6) is 0.109. The Morgan fingerprint density at radius 1 is 0.821 bits per heavy atom. The van der Waals surface area contributed by atoms with E-state index in [9.17, 15) is 9.59 Å². The summed E-state index contributed by atoms with van der Waals surface area (Å²) >= 11 is 0. The highest BCUT2D eigenvalue weighted by molar-refractivity contribution is 6.43. The molecule has 1 aliphatic rings. The van der Waals surface area contributed by atoms with Gasteiger partial charge in [-0.15, -0.1) is 0 Å². The minimum Gasteiger partial charge on any atom is -0.497 e. The van der Waals surface area contributed by atoms with Crippen molar-refractivity contribution in [3.63, 3.8) is 0 Å². The first-order chi connectivity index (χ1) is 13.6. The Balaban J connectivity index is 1.87. The molecular weight excluding hydrogens is 350 g/mol. The highest BCUT2D eigenvalue weighted by Gasteiger charge is 2.35. The predicted molar refractivity (Wildman–Crippen MR) is 110 cm³/mol. The molecule has 0 radical (unpaired) electrons. The zero-order chi connectivity index (χ0) is 19.7. The number of hydrogen-bond donors (Lipinski definition) is 0. The highest BCUT2D eigenvalue weighted by atomic mass is 16.5. The predicted octanol–water partition coefficient (Wildman–Crippen LogP) is 4.73. The summed E-state index contributed by atoms with van der Waals surface area (Å²) in [5, 5.41) is 0. The van der Waals surface area contributed by atoms with E-state index in [1.54, 1.807) is 19.2 Å². The number of methoxy groups -OCH3 is 1. The van der Waals surface area contributed by atoms with E-state index in [0.717, 1.165) is 16.9 Å². The lowest BCUT2D eigenvalue weighted by molar-refractivity contribution is -0.112. The molecule has 0 aliphatic carbocycles. The summed E-state index contributed by atoms with van der Waals surface area (Å²) in [4.78, 5) is 27.7. The topological polar surface area (TPSA) is 46.6 Å². The normalized spacial score (nSPS) is 14.9. The van der Waals surface area contributed by atoms with E-state index in [1.165, 1.54) is 4.90 Å². The van der Waals surface area contributed by atoms with Gasteiger partial charge in [-0.1, -0.05) is 42.5 Å². The summed E-state index contributed by atoms with van der Waals surface area (Å²) in [7, 11) is 1.61. The maximum atomic E-state index is 13.3. The number of ether oxygens (including phenoxy) is 1. The molecule has 2 amide bonds. The van der Waals surface area contributed by atoms with Crippen molar-refractivity contribution < 1.29 is 14.3 Å². The van der Waals surface area contributed by atoms with Crippen LogP contribution in [-0.2, 0) is 4.79 Å². The number of rotatable bonds is 3. The summed E-state index contributed by atoms with van der Waals surface area (Å²) < 4.78 is 5.20. The molecule has 138 valence electrons. The molecule has 0 atom stereocenters. The molecule has 0 aromatic heterocycles. The Kier molecular flexibility index (Phi) is 4.53. The number of anilines is 1. The average Bonchev–Trinajstić information content (AvgIpc) is 2.72. The number of amides is 2. The van der Waals surface area contributed by atoms with Gasteiger partial charge >= 0.3 is 0 Å². The Morgan fingerprint density at radius 2 is 1.54 bits per heavy atom. The fourth-order valence-corrected chi connectivity index (χ4v) is 3.36. The zero-order valence-corrected chi connectivity index (χ0v) is 15.7. The van der Waals surface area contributed by atoms with E-state index in [0.29, 0.717) is 22.4 Å². The highest BCUT2D eigenvalue weighted by Crippen LogP contribution is 2.33. The Bertz CT molecular complexity index is 1100. The molecule has 0 fully saturated rings. The molecule has 0 saturated carbocycles. The van der Waals surface area contributed by atoms with E-state index < -0.39 is 0 Å². The van der Waals surface area contributed by atoms with Crippen LogP contribution in [0.15, 0.2) is 72.8 Å². The molecule has 4 heteroatoms. The Hall–Kier alpha value is -3.66. The second-order valence-corrected chi connectivity index (χ2v) is 6.66. The van der Waals surface area contributed by atoms with Gasteiger partial charge in [0.2, 0.25) is 0 Å². The van der Waals surface area contributed by atoms with Crippen molar-refractivity contribution in [2.75, 3.05) is 12.0 Å². The quantitative estimate of drug-likeness (QED) is 0.495. The van der Waals surface area contributed by atoms with Crippen LogP contribution in [-0.4, -0.2) is 18.9 Å². The van der Waals surface area contributed by atoms with Crippen LogP contribution in [0.4, 0.5) is 5.69 Å². The largest absolute Gasteiger partial charge is 0.497 e. The van der Waals surface area contributed by atoms with Gasteiger partial charge in [0.25, 0.3) is 11.8 Å². The molecule has 0 saturated heterocycles. The Labute approximate surface area is 163 Å². The number of aryl methyl sites for hydroxylation is 1. The lowest BCUT2D eigenvalue weighted by Crippen LogP contribution is -2.41. The molecule has 0 bridgehead atoms. The van der Waals surface area contributed by atoms with Crippen molar-refractivity contribution in [1.29, 1.82) is 0 Å². The lowest BCUT2D eigenvalue weighted by atomic mass is 9.91. The number of carbonyl (C=O) groups excluding carboxylic acids is 2. The molecule has 0 unspecified atom stereocenters. The van der Waals surface area contributed by atoms with Crippen LogP contribution >= 0.6 is 0 Å². The minimum atomic E-state index is -0.329. The van der Waals surface area contributed by atoms with E-state index in [-0.39, 0.29) is 11.8 Å². The summed E-state index contributed by atoms with van der Waals surface area (Å²) in [6.45, 7) is 1.93. The zero-order valence-electron chi connectivity index (χ0n) is 15.7. The van der Waals surface area contributed by atoms with Crippen molar-refractivity contribution in [2.24, 2.45) is 0 Å². The molecule has 1 aliphatic heterocycles.